The molecule has 0 aromatic carbocycles. The Balaban J connectivity index is 1.92. The second-order valence-corrected chi connectivity index (χ2v) is 6.83. The van der Waals surface area contributed by atoms with E-state index < -0.39 is 5.60 Å². The topological polar surface area (TPSA) is 53.3 Å². The van der Waals surface area contributed by atoms with Gasteiger partial charge in [-0.25, -0.2) is 4.79 Å². The molecule has 1 saturated heterocycles. The summed E-state index contributed by atoms with van der Waals surface area (Å²) in [6.07, 6.45) is 6.08. The average Bonchev–Trinajstić information content (AvgIpc) is 2.86. The van der Waals surface area contributed by atoms with E-state index in [1.54, 1.807) is 0 Å². The smallest absolute Gasteiger partial charge is 0.410 e. The predicted molar refractivity (Wildman–Crippen MR) is 77.0 cm³/mol. The highest BCUT2D eigenvalue weighted by molar-refractivity contribution is 5.68. The second kappa shape index (κ2) is 5.87. The molecule has 0 aromatic heterocycles. The van der Waals surface area contributed by atoms with Gasteiger partial charge in [0, 0.05) is 18.7 Å². The lowest BCUT2D eigenvalue weighted by molar-refractivity contribution is 0.0285. The van der Waals surface area contributed by atoms with Crippen LogP contribution in [0.5, 0.6) is 0 Å². The summed E-state index contributed by atoms with van der Waals surface area (Å²) < 4.78 is 5.42. The maximum absolute atomic E-state index is 12.0. The molecule has 4 heteroatoms. The third kappa shape index (κ3) is 3.75. The summed E-state index contributed by atoms with van der Waals surface area (Å²) >= 11 is 0. The van der Waals surface area contributed by atoms with Gasteiger partial charge in [-0.3, -0.25) is 0 Å². The van der Waals surface area contributed by atoms with Gasteiger partial charge in [-0.15, -0.1) is 0 Å². The minimum Gasteiger partial charge on any atom is -0.444 e. The Kier molecular flexibility index (Phi) is 4.37. The van der Waals surface area contributed by atoms with Gasteiger partial charge in [-0.1, -0.05) is 6.08 Å². The van der Waals surface area contributed by atoms with Crippen molar-refractivity contribution in [2.75, 3.05) is 13.1 Å². The molecule has 2 aliphatic rings. The van der Waals surface area contributed by atoms with Crippen LogP contribution in [-0.4, -0.2) is 29.7 Å². The van der Waals surface area contributed by atoms with E-state index in [2.05, 4.69) is 12.1 Å². The molecule has 1 unspecified atom stereocenters. The molecule has 0 aromatic rings. The number of nitriles is 1. The van der Waals surface area contributed by atoms with Crippen molar-refractivity contribution in [2.24, 2.45) is 11.8 Å². The van der Waals surface area contributed by atoms with Crippen LogP contribution in [-0.2, 0) is 4.74 Å². The number of nitrogens with zero attached hydrogens (tertiary/aromatic N) is 2. The number of allylic oxidation sites excluding steroid dienone is 2. The Hall–Kier alpha value is -1.50. The van der Waals surface area contributed by atoms with E-state index in [1.165, 1.54) is 0 Å². The first-order valence-electron chi connectivity index (χ1n) is 7.48. The van der Waals surface area contributed by atoms with Crippen LogP contribution in [0.25, 0.3) is 0 Å². The van der Waals surface area contributed by atoms with E-state index in [9.17, 15) is 4.79 Å². The van der Waals surface area contributed by atoms with Gasteiger partial charge in [0.05, 0.1) is 6.07 Å². The molecule has 1 aliphatic heterocycles. The highest BCUT2D eigenvalue weighted by Gasteiger charge is 2.33. The molecule has 110 valence electrons. The van der Waals surface area contributed by atoms with Gasteiger partial charge >= 0.3 is 6.09 Å². The van der Waals surface area contributed by atoms with Crippen molar-refractivity contribution >= 4 is 6.09 Å². The molecule has 4 nitrogen and oxygen atoms in total. The molecular weight excluding hydrogens is 252 g/mol. The maximum Gasteiger partial charge on any atom is 0.410 e. The Morgan fingerprint density at radius 1 is 1.45 bits per heavy atom. The van der Waals surface area contributed by atoms with E-state index in [0.717, 1.165) is 44.3 Å². The van der Waals surface area contributed by atoms with Crippen LogP contribution in [0, 0.1) is 23.2 Å². The van der Waals surface area contributed by atoms with Gasteiger partial charge < -0.3 is 9.64 Å². The summed E-state index contributed by atoms with van der Waals surface area (Å²) in [5, 5.41) is 9.02. The quantitative estimate of drug-likeness (QED) is 0.736. The van der Waals surface area contributed by atoms with Crippen LogP contribution in [0.15, 0.2) is 11.6 Å². The minimum atomic E-state index is -0.437. The fraction of sp³-hybridized carbons (Fsp3) is 0.750. The lowest BCUT2D eigenvalue weighted by Gasteiger charge is -2.26. The van der Waals surface area contributed by atoms with E-state index in [0.29, 0.717) is 11.8 Å². The normalized spacial score (nSPS) is 26.9. The van der Waals surface area contributed by atoms with Crippen molar-refractivity contribution in [3.8, 4) is 6.07 Å². The first kappa shape index (κ1) is 14.9. The Morgan fingerprint density at radius 2 is 2.20 bits per heavy atom. The third-order valence-electron chi connectivity index (χ3n) is 4.02. The fourth-order valence-corrected chi connectivity index (χ4v) is 3.05. The molecule has 0 bridgehead atoms. The van der Waals surface area contributed by atoms with Crippen molar-refractivity contribution in [3.05, 3.63) is 11.6 Å². The van der Waals surface area contributed by atoms with Gasteiger partial charge in [-0.05, 0) is 58.3 Å². The van der Waals surface area contributed by atoms with Gasteiger partial charge in [0.1, 0.15) is 5.60 Å². The average molecular weight is 276 g/mol. The van der Waals surface area contributed by atoms with Crippen LogP contribution < -0.4 is 0 Å². The summed E-state index contributed by atoms with van der Waals surface area (Å²) in [5.41, 5.74) is 0.477. The van der Waals surface area contributed by atoms with Gasteiger partial charge in [-0.2, -0.15) is 5.26 Å². The van der Waals surface area contributed by atoms with Crippen LogP contribution in [0.3, 0.4) is 0 Å². The third-order valence-corrected chi connectivity index (χ3v) is 4.02. The molecule has 0 spiro atoms. The highest BCUT2D eigenvalue weighted by Crippen LogP contribution is 2.34. The largest absolute Gasteiger partial charge is 0.444 e. The zero-order chi connectivity index (χ0) is 14.8. The number of hydrogen-bond donors (Lipinski definition) is 0. The maximum atomic E-state index is 12.0. The van der Waals surface area contributed by atoms with E-state index >= 15 is 0 Å². The van der Waals surface area contributed by atoms with E-state index in [1.807, 2.05) is 25.7 Å². The number of rotatable bonds is 1. The lowest BCUT2D eigenvalue weighted by Crippen LogP contribution is -2.35. The number of ether oxygens (including phenoxy) is 1. The van der Waals surface area contributed by atoms with Crippen molar-refractivity contribution in [3.63, 3.8) is 0 Å². The van der Waals surface area contributed by atoms with Gasteiger partial charge in [0.15, 0.2) is 0 Å². The van der Waals surface area contributed by atoms with Crippen molar-refractivity contribution < 1.29 is 9.53 Å². The van der Waals surface area contributed by atoms with Crippen LogP contribution in [0.2, 0.25) is 0 Å². The monoisotopic (exact) mass is 276 g/mol. The number of amides is 1. The number of carbonyl (C=O) groups excluding carboxylic acids is 1. The Bertz CT molecular complexity index is 442. The van der Waals surface area contributed by atoms with Gasteiger partial charge in [0.2, 0.25) is 0 Å². The predicted octanol–water partition coefficient (Wildman–Crippen LogP) is 3.49. The lowest BCUT2D eigenvalue weighted by atomic mass is 9.81. The molecule has 1 aliphatic carbocycles. The Labute approximate surface area is 121 Å². The van der Waals surface area contributed by atoms with Crippen molar-refractivity contribution in [1.82, 2.24) is 4.90 Å². The molecule has 2 atom stereocenters. The molecule has 1 amide bonds. The fourth-order valence-electron chi connectivity index (χ4n) is 3.05. The zero-order valence-corrected chi connectivity index (χ0v) is 12.7. The van der Waals surface area contributed by atoms with E-state index in [4.69, 9.17) is 10.00 Å². The van der Waals surface area contributed by atoms with Crippen LogP contribution >= 0.6 is 0 Å². The first-order valence-corrected chi connectivity index (χ1v) is 7.48. The van der Waals surface area contributed by atoms with E-state index in [-0.39, 0.29) is 6.09 Å². The minimum absolute atomic E-state index is 0.208. The SMILES string of the molecule is CC(C)(C)OC(=O)N1CC[C@H](C2C=C(C#N)CCC2)C1. The standard InChI is InChI=1S/C16H24N2O2/c1-16(2,3)20-15(19)18-8-7-14(11-18)13-6-4-5-12(9-13)10-17/h9,13-14H,4-8,11H2,1-3H3/t13?,14-/m0/s1. The summed E-state index contributed by atoms with van der Waals surface area (Å²) in [6.45, 7) is 7.20. The molecule has 1 heterocycles. The summed E-state index contributed by atoms with van der Waals surface area (Å²) in [6, 6.07) is 2.28. The van der Waals surface area contributed by atoms with Crippen LogP contribution in [0.4, 0.5) is 4.79 Å². The molecule has 1 fully saturated rings. The Morgan fingerprint density at radius 3 is 2.85 bits per heavy atom. The van der Waals surface area contributed by atoms with Gasteiger partial charge in [0.25, 0.3) is 0 Å². The summed E-state index contributed by atoms with van der Waals surface area (Å²) in [7, 11) is 0. The number of carbonyl (C=O) groups is 1. The molecule has 2 rings (SSSR count). The second-order valence-electron chi connectivity index (χ2n) is 6.83. The van der Waals surface area contributed by atoms with Crippen molar-refractivity contribution in [2.45, 2.75) is 52.1 Å². The summed E-state index contributed by atoms with van der Waals surface area (Å²) in [5.74, 6) is 0.928. The number of likely N-dealkylation sites (tertiary alicyclic amines) is 1. The van der Waals surface area contributed by atoms with Crippen LogP contribution in [0.1, 0.15) is 46.5 Å². The first-order chi connectivity index (χ1) is 9.39. The molecule has 0 N–H and O–H groups in total. The highest BCUT2D eigenvalue weighted by atomic mass is 16.6. The molecule has 20 heavy (non-hydrogen) atoms. The molecule has 0 saturated carbocycles. The van der Waals surface area contributed by atoms with Crippen molar-refractivity contribution in [1.29, 1.82) is 5.26 Å². The molecular formula is C16H24N2O2. The zero-order valence-electron chi connectivity index (χ0n) is 12.7. The number of hydrogen-bond acceptors (Lipinski definition) is 3. The molecule has 0 radical (unpaired) electrons. The summed E-state index contributed by atoms with van der Waals surface area (Å²) in [4.78, 5) is 13.9.